The molecule has 4 nitrogen and oxygen atoms in total. The Kier molecular flexibility index (Phi) is 4.21. The van der Waals surface area contributed by atoms with Crippen LogP contribution in [0.4, 0.5) is 0 Å². The van der Waals surface area contributed by atoms with Gasteiger partial charge in [0, 0.05) is 6.20 Å². The largest absolute Gasteiger partial charge is 0.490 e. The van der Waals surface area contributed by atoms with Crippen LogP contribution in [0.15, 0.2) is 24.4 Å². The van der Waals surface area contributed by atoms with Crippen molar-refractivity contribution in [3.63, 3.8) is 0 Å². The summed E-state index contributed by atoms with van der Waals surface area (Å²) in [5.74, 6) is 1.28. The van der Waals surface area contributed by atoms with E-state index in [4.69, 9.17) is 21.1 Å². The third-order valence-corrected chi connectivity index (χ3v) is 3.62. The Morgan fingerprint density at radius 3 is 2.90 bits per heavy atom. The fraction of sp³-hybridized carbons (Fsp3) is 0.467. The van der Waals surface area contributed by atoms with Crippen molar-refractivity contribution in [1.82, 2.24) is 9.97 Å². The number of alkyl halides is 1. The van der Waals surface area contributed by atoms with Crippen LogP contribution in [0.2, 0.25) is 0 Å². The van der Waals surface area contributed by atoms with Crippen LogP contribution in [0.5, 0.6) is 11.8 Å². The van der Waals surface area contributed by atoms with Crippen LogP contribution >= 0.6 is 11.6 Å². The van der Waals surface area contributed by atoms with Crippen LogP contribution in [0.25, 0.3) is 10.9 Å². The van der Waals surface area contributed by atoms with Crippen LogP contribution in [-0.2, 0) is 0 Å². The van der Waals surface area contributed by atoms with Crippen LogP contribution in [0, 0.1) is 0 Å². The molecule has 106 valence electrons. The van der Waals surface area contributed by atoms with Gasteiger partial charge in [0.25, 0.3) is 0 Å². The molecular weight excluding hydrogens is 276 g/mol. The maximum Gasteiger partial charge on any atom is 0.316 e. The minimum atomic E-state index is 0.327. The molecular formula is C15H17ClN2O2. The molecule has 1 aliphatic carbocycles. The number of hydrogen-bond acceptors (Lipinski definition) is 4. The maximum absolute atomic E-state index is 6.07. The van der Waals surface area contributed by atoms with Gasteiger partial charge in [-0.1, -0.05) is 6.07 Å². The van der Waals surface area contributed by atoms with Crippen molar-refractivity contribution in [2.45, 2.75) is 31.8 Å². The van der Waals surface area contributed by atoms with Crippen molar-refractivity contribution < 1.29 is 9.47 Å². The molecule has 3 rings (SSSR count). The third-order valence-electron chi connectivity index (χ3n) is 3.47. The third kappa shape index (κ3) is 2.96. The highest BCUT2D eigenvalue weighted by molar-refractivity contribution is 6.18. The topological polar surface area (TPSA) is 44.2 Å². The van der Waals surface area contributed by atoms with E-state index < -0.39 is 0 Å². The average molecular weight is 293 g/mol. The molecule has 0 aliphatic heterocycles. The summed E-state index contributed by atoms with van der Waals surface area (Å²) in [6.07, 6.45) is 6.86. The predicted octanol–water partition coefficient (Wildman–Crippen LogP) is 3.57. The van der Waals surface area contributed by atoms with E-state index in [-0.39, 0.29) is 0 Å². The van der Waals surface area contributed by atoms with E-state index in [9.17, 15) is 0 Å². The van der Waals surface area contributed by atoms with Crippen LogP contribution < -0.4 is 9.47 Å². The molecule has 1 fully saturated rings. The summed E-state index contributed by atoms with van der Waals surface area (Å²) in [5.41, 5.74) is 0.833. The van der Waals surface area contributed by atoms with Crippen LogP contribution in [0.3, 0.4) is 0 Å². The van der Waals surface area contributed by atoms with Gasteiger partial charge in [0.1, 0.15) is 12.4 Å². The smallest absolute Gasteiger partial charge is 0.316 e. The van der Waals surface area contributed by atoms with Gasteiger partial charge in [-0.3, -0.25) is 0 Å². The zero-order valence-electron chi connectivity index (χ0n) is 11.2. The van der Waals surface area contributed by atoms with E-state index in [0.717, 1.165) is 29.5 Å². The van der Waals surface area contributed by atoms with Gasteiger partial charge < -0.3 is 9.47 Å². The van der Waals surface area contributed by atoms with E-state index in [1.807, 2.05) is 18.2 Å². The zero-order chi connectivity index (χ0) is 13.8. The van der Waals surface area contributed by atoms with Crippen molar-refractivity contribution in [2.75, 3.05) is 12.5 Å². The first-order valence-corrected chi connectivity index (χ1v) is 7.51. The number of halogens is 1. The highest BCUT2D eigenvalue weighted by Crippen LogP contribution is 2.29. The molecule has 1 heterocycles. The lowest BCUT2D eigenvalue weighted by Crippen LogP contribution is -2.11. The van der Waals surface area contributed by atoms with Gasteiger partial charge in [-0.25, -0.2) is 4.98 Å². The molecule has 0 N–H and O–H groups in total. The molecule has 1 saturated carbocycles. The summed E-state index contributed by atoms with van der Waals surface area (Å²) < 4.78 is 11.4. The molecule has 5 heteroatoms. The molecule has 2 aromatic rings. The highest BCUT2D eigenvalue weighted by atomic mass is 35.5. The monoisotopic (exact) mass is 292 g/mol. The van der Waals surface area contributed by atoms with Crippen molar-refractivity contribution in [3.05, 3.63) is 24.4 Å². The molecule has 0 amide bonds. The Hall–Kier alpha value is -1.55. The number of nitrogens with zero attached hydrogens (tertiary/aromatic N) is 2. The van der Waals surface area contributed by atoms with E-state index in [1.54, 1.807) is 6.20 Å². The molecule has 0 spiro atoms. The standard InChI is InChI=1S/C15H17ClN2O2/c16-8-9-19-15-17-10-12-13(18-15)6-3-7-14(12)20-11-4-1-2-5-11/h3,6-7,10-11H,1-2,4-5,8-9H2. The van der Waals surface area contributed by atoms with E-state index in [0.29, 0.717) is 24.6 Å². The molecule has 20 heavy (non-hydrogen) atoms. The molecule has 1 aliphatic rings. The number of benzene rings is 1. The second kappa shape index (κ2) is 6.27. The number of rotatable bonds is 5. The SMILES string of the molecule is ClCCOc1ncc2c(OC3CCCC3)cccc2n1. The molecule has 0 saturated heterocycles. The first-order valence-electron chi connectivity index (χ1n) is 6.98. The fourth-order valence-corrected chi connectivity index (χ4v) is 2.58. The molecule has 0 atom stereocenters. The summed E-state index contributed by atoms with van der Waals surface area (Å²) in [4.78, 5) is 8.58. The van der Waals surface area contributed by atoms with Gasteiger partial charge in [-0.2, -0.15) is 4.98 Å². The Labute approximate surface area is 123 Å². The molecule has 0 unspecified atom stereocenters. The minimum Gasteiger partial charge on any atom is -0.490 e. The zero-order valence-corrected chi connectivity index (χ0v) is 12.0. The highest BCUT2D eigenvalue weighted by Gasteiger charge is 2.17. The van der Waals surface area contributed by atoms with E-state index in [2.05, 4.69) is 9.97 Å². The summed E-state index contributed by atoms with van der Waals surface area (Å²) in [7, 11) is 0. The number of fused-ring (bicyclic) bond motifs is 1. The molecule has 1 aromatic heterocycles. The Morgan fingerprint density at radius 1 is 1.25 bits per heavy atom. The lowest BCUT2D eigenvalue weighted by atomic mass is 10.2. The second-order valence-electron chi connectivity index (χ2n) is 4.90. The van der Waals surface area contributed by atoms with Gasteiger partial charge in [-0.05, 0) is 37.8 Å². The van der Waals surface area contributed by atoms with Gasteiger partial charge in [0.15, 0.2) is 0 Å². The van der Waals surface area contributed by atoms with Gasteiger partial charge in [0.2, 0.25) is 0 Å². The average Bonchev–Trinajstić information content (AvgIpc) is 2.98. The van der Waals surface area contributed by atoms with E-state index >= 15 is 0 Å². The maximum atomic E-state index is 6.07. The predicted molar refractivity (Wildman–Crippen MR) is 78.6 cm³/mol. The Bertz CT molecular complexity index is 585. The molecule has 1 aromatic carbocycles. The summed E-state index contributed by atoms with van der Waals surface area (Å²) in [6.45, 7) is 0.408. The van der Waals surface area contributed by atoms with Gasteiger partial charge in [0.05, 0.1) is 22.9 Å². The summed E-state index contributed by atoms with van der Waals surface area (Å²) >= 11 is 5.59. The second-order valence-corrected chi connectivity index (χ2v) is 5.28. The quantitative estimate of drug-likeness (QED) is 0.790. The van der Waals surface area contributed by atoms with Gasteiger partial charge >= 0.3 is 6.01 Å². The van der Waals surface area contributed by atoms with Crippen LogP contribution in [0.1, 0.15) is 25.7 Å². The first kappa shape index (κ1) is 13.4. The number of hydrogen-bond donors (Lipinski definition) is 0. The number of aromatic nitrogens is 2. The van der Waals surface area contributed by atoms with Crippen molar-refractivity contribution >= 4 is 22.5 Å². The van der Waals surface area contributed by atoms with Gasteiger partial charge in [-0.15, -0.1) is 11.6 Å². The van der Waals surface area contributed by atoms with E-state index in [1.165, 1.54) is 12.8 Å². The molecule has 0 radical (unpaired) electrons. The Morgan fingerprint density at radius 2 is 2.10 bits per heavy atom. The van der Waals surface area contributed by atoms with Crippen molar-refractivity contribution in [1.29, 1.82) is 0 Å². The fourth-order valence-electron chi connectivity index (χ4n) is 2.50. The minimum absolute atomic E-state index is 0.327. The molecule has 0 bridgehead atoms. The van der Waals surface area contributed by atoms with Crippen molar-refractivity contribution in [2.24, 2.45) is 0 Å². The normalized spacial score (nSPS) is 15.7. The van der Waals surface area contributed by atoms with Crippen LogP contribution in [-0.4, -0.2) is 28.6 Å². The lowest BCUT2D eigenvalue weighted by molar-refractivity contribution is 0.212. The number of ether oxygens (including phenoxy) is 2. The first-order chi connectivity index (χ1) is 9.86. The summed E-state index contributed by atoms with van der Waals surface area (Å²) in [5, 5.41) is 0.928. The van der Waals surface area contributed by atoms with Crippen molar-refractivity contribution in [3.8, 4) is 11.8 Å². The summed E-state index contributed by atoms with van der Waals surface area (Å²) in [6, 6.07) is 6.22. The lowest BCUT2D eigenvalue weighted by Gasteiger charge is -2.14. The Balaban J connectivity index is 1.85.